The third-order valence-electron chi connectivity index (χ3n) is 1.70. The molecule has 0 aromatic rings. The van der Waals surface area contributed by atoms with Crippen molar-refractivity contribution in [1.82, 2.24) is 5.32 Å². The quantitative estimate of drug-likeness (QED) is 0.630. The number of methoxy groups -OCH3 is 2. The van der Waals surface area contributed by atoms with Gasteiger partial charge in [-0.05, 0) is 0 Å². The first-order valence-corrected chi connectivity index (χ1v) is 3.93. The van der Waals surface area contributed by atoms with E-state index in [2.05, 4.69) is 10.1 Å². The summed E-state index contributed by atoms with van der Waals surface area (Å²) < 4.78 is 14.7. The van der Waals surface area contributed by atoms with E-state index in [-0.39, 0.29) is 6.04 Å². The van der Waals surface area contributed by atoms with Crippen LogP contribution in [0.5, 0.6) is 0 Å². The third kappa shape index (κ3) is 2.71. The van der Waals surface area contributed by atoms with Crippen molar-refractivity contribution in [2.24, 2.45) is 0 Å². The maximum atomic E-state index is 10.9. The predicted octanol–water partition coefficient (Wildman–Crippen LogP) is 0.270. The zero-order valence-corrected chi connectivity index (χ0v) is 7.65. The molecule has 0 bridgehead atoms. The van der Waals surface area contributed by atoms with Crippen molar-refractivity contribution in [3.63, 3.8) is 0 Å². The maximum absolute atomic E-state index is 10.9. The molecule has 1 N–H and O–H groups in total. The molecule has 0 saturated carbocycles. The fourth-order valence-electron chi connectivity index (χ4n) is 1.07. The van der Waals surface area contributed by atoms with E-state index in [0.717, 1.165) is 0 Å². The first kappa shape index (κ1) is 10.0. The van der Waals surface area contributed by atoms with E-state index in [1.165, 1.54) is 14.2 Å². The molecule has 0 saturated heterocycles. The molecule has 0 aromatic heterocycles. The standard InChI is InChI=1S/C8H13NO4/c1-11-7-6(4-3-5-13-7)9-8(10)12-2/h3-4,6-7H,5H2,1-2H3,(H,9,10)/t6-,7-/m0/s1. The van der Waals surface area contributed by atoms with Crippen LogP contribution in [0, 0.1) is 0 Å². The lowest BCUT2D eigenvalue weighted by molar-refractivity contribution is -0.130. The van der Waals surface area contributed by atoms with Crippen LogP contribution in [0.4, 0.5) is 4.79 Å². The fraction of sp³-hybridized carbons (Fsp3) is 0.625. The number of hydrogen-bond acceptors (Lipinski definition) is 4. The van der Waals surface area contributed by atoms with Crippen LogP contribution >= 0.6 is 0 Å². The zero-order valence-electron chi connectivity index (χ0n) is 7.65. The molecule has 1 aliphatic heterocycles. The Hall–Kier alpha value is -1.07. The fourth-order valence-corrected chi connectivity index (χ4v) is 1.07. The summed E-state index contributed by atoms with van der Waals surface area (Å²) in [6.45, 7) is 0.498. The highest BCUT2D eigenvalue weighted by Gasteiger charge is 2.23. The smallest absolute Gasteiger partial charge is 0.407 e. The van der Waals surface area contributed by atoms with Gasteiger partial charge in [-0.25, -0.2) is 4.79 Å². The predicted molar refractivity (Wildman–Crippen MR) is 45.2 cm³/mol. The van der Waals surface area contributed by atoms with Gasteiger partial charge in [-0.3, -0.25) is 0 Å². The molecule has 0 aromatic carbocycles. The first-order valence-electron chi connectivity index (χ1n) is 3.93. The van der Waals surface area contributed by atoms with E-state index >= 15 is 0 Å². The van der Waals surface area contributed by atoms with Crippen LogP contribution in [0.25, 0.3) is 0 Å². The lowest BCUT2D eigenvalue weighted by Gasteiger charge is -2.26. The van der Waals surface area contributed by atoms with Crippen LogP contribution in [0.2, 0.25) is 0 Å². The lowest BCUT2D eigenvalue weighted by atomic mass is 10.2. The molecule has 0 unspecified atom stereocenters. The van der Waals surface area contributed by atoms with Gasteiger partial charge in [0.1, 0.15) is 6.04 Å². The van der Waals surface area contributed by atoms with Gasteiger partial charge >= 0.3 is 6.09 Å². The lowest BCUT2D eigenvalue weighted by Crippen LogP contribution is -2.45. The average Bonchev–Trinajstić information content (AvgIpc) is 2.18. The summed E-state index contributed by atoms with van der Waals surface area (Å²) in [7, 11) is 2.83. The number of amides is 1. The van der Waals surface area contributed by atoms with Crippen molar-refractivity contribution in [3.05, 3.63) is 12.2 Å². The molecule has 0 radical (unpaired) electrons. The molecule has 1 heterocycles. The highest BCUT2D eigenvalue weighted by atomic mass is 16.7. The van der Waals surface area contributed by atoms with Crippen molar-refractivity contribution >= 4 is 6.09 Å². The monoisotopic (exact) mass is 187 g/mol. The summed E-state index contributed by atoms with van der Waals surface area (Å²) in [5, 5.41) is 2.57. The number of nitrogens with one attached hydrogen (secondary N) is 1. The second-order valence-corrected chi connectivity index (χ2v) is 2.53. The van der Waals surface area contributed by atoms with Gasteiger partial charge in [-0.2, -0.15) is 0 Å². The molecular weight excluding hydrogens is 174 g/mol. The molecule has 0 fully saturated rings. The summed E-state index contributed by atoms with van der Waals surface area (Å²) in [6, 6.07) is -0.286. The van der Waals surface area contributed by atoms with Gasteiger partial charge in [0, 0.05) is 7.11 Å². The Kier molecular flexibility index (Phi) is 3.72. The van der Waals surface area contributed by atoms with Gasteiger partial charge in [-0.15, -0.1) is 0 Å². The number of hydrogen-bond donors (Lipinski definition) is 1. The normalized spacial score (nSPS) is 26.9. The van der Waals surface area contributed by atoms with Crippen molar-refractivity contribution in [2.45, 2.75) is 12.3 Å². The molecule has 1 amide bonds. The van der Waals surface area contributed by atoms with Gasteiger partial charge in [0.2, 0.25) is 0 Å². The Morgan fingerprint density at radius 1 is 1.62 bits per heavy atom. The number of ether oxygens (including phenoxy) is 3. The molecule has 0 aliphatic carbocycles. The average molecular weight is 187 g/mol. The third-order valence-corrected chi connectivity index (χ3v) is 1.70. The number of alkyl carbamates (subject to hydrolysis) is 1. The second-order valence-electron chi connectivity index (χ2n) is 2.53. The van der Waals surface area contributed by atoms with E-state index in [0.29, 0.717) is 6.61 Å². The largest absolute Gasteiger partial charge is 0.453 e. The topological polar surface area (TPSA) is 56.8 Å². The van der Waals surface area contributed by atoms with Crippen LogP contribution in [0.1, 0.15) is 0 Å². The van der Waals surface area contributed by atoms with Crippen LogP contribution in [0.3, 0.4) is 0 Å². The zero-order chi connectivity index (χ0) is 9.68. The molecule has 74 valence electrons. The summed E-state index contributed by atoms with van der Waals surface area (Å²) in [5.41, 5.74) is 0. The Balaban J connectivity index is 2.49. The Morgan fingerprint density at radius 2 is 2.38 bits per heavy atom. The van der Waals surface area contributed by atoms with Gasteiger partial charge in [0.15, 0.2) is 6.29 Å². The SMILES string of the molecule is COC(=O)N[C@H]1C=CCO[C@@H]1OC. The van der Waals surface area contributed by atoms with E-state index in [1.807, 2.05) is 12.2 Å². The van der Waals surface area contributed by atoms with Crippen molar-refractivity contribution in [3.8, 4) is 0 Å². The molecule has 5 nitrogen and oxygen atoms in total. The van der Waals surface area contributed by atoms with E-state index < -0.39 is 12.4 Å². The van der Waals surface area contributed by atoms with E-state index in [9.17, 15) is 4.79 Å². The van der Waals surface area contributed by atoms with Crippen LogP contribution in [0.15, 0.2) is 12.2 Å². The molecule has 5 heteroatoms. The van der Waals surface area contributed by atoms with Crippen molar-refractivity contribution < 1.29 is 19.0 Å². The minimum atomic E-state index is -0.498. The molecular formula is C8H13NO4. The highest BCUT2D eigenvalue weighted by Crippen LogP contribution is 2.07. The minimum absolute atomic E-state index is 0.286. The van der Waals surface area contributed by atoms with E-state index in [1.54, 1.807) is 0 Å². The summed E-state index contributed by atoms with van der Waals surface area (Å²) in [5.74, 6) is 0. The summed E-state index contributed by atoms with van der Waals surface area (Å²) >= 11 is 0. The Labute approximate surface area is 76.7 Å². The number of carbonyl (C=O) groups excluding carboxylic acids is 1. The summed E-state index contributed by atoms with van der Waals surface area (Å²) in [6.07, 6.45) is 2.69. The Bertz CT molecular complexity index is 204. The second kappa shape index (κ2) is 4.84. The van der Waals surface area contributed by atoms with Crippen molar-refractivity contribution in [2.75, 3.05) is 20.8 Å². The van der Waals surface area contributed by atoms with Crippen LogP contribution < -0.4 is 5.32 Å². The molecule has 2 atom stereocenters. The van der Waals surface area contributed by atoms with Crippen LogP contribution in [-0.4, -0.2) is 39.3 Å². The van der Waals surface area contributed by atoms with Gasteiger partial charge in [0.25, 0.3) is 0 Å². The van der Waals surface area contributed by atoms with E-state index in [4.69, 9.17) is 9.47 Å². The molecule has 1 rings (SSSR count). The minimum Gasteiger partial charge on any atom is -0.453 e. The molecule has 13 heavy (non-hydrogen) atoms. The number of rotatable bonds is 2. The molecule has 1 aliphatic rings. The van der Waals surface area contributed by atoms with Gasteiger partial charge in [-0.1, -0.05) is 12.2 Å². The Morgan fingerprint density at radius 3 is 3.00 bits per heavy atom. The number of carbonyl (C=O) groups is 1. The maximum Gasteiger partial charge on any atom is 0.407 e. The molecule has 0 spiro atoms. The first-order chi connectivity index (χ1) is 6.27. The van der Waals surface area contributed by atoms with Crippen molar-refractivity contribution in [1.29, 1.82) is 0 Å². The van der Waals surface area contributed by atoms with Gasteiger partial charge < -0.3 is 19.5 Å². The summed E-state index contributed by atoms with van der Waals surface area (Å²) in [4.78, 5) is 10.9. The van der Waals surface area contributed by atoms with Crippen LogP contribution in [-0.2, 0) is 14.2 Å². The van der Waals surface area contributed by atoms with Gasteiger partial charge in [0.05, 0.1) is 13.7 Å². The highest BCUT2D eigenvalue weighted by molar-refractivity contribution is 5.67.